The first-order valence-corrected chi connectivity index (χ1v) is 8.49. The van der Waals surface area contributed by atoms with Crippen LogP contribution in [0.25, 0.3) is 6.08 Å². The van der Waals surface area contributed by atoms with Crippen LogP contribution < -0.4 is 14.2 Å². The maximum Gasteiger partial charge on any atom is 0.330 e. The third-order valence-electron chi connectivity index (χ3n) is 3.07. The third kappa shape index (κ3) is 6.14. The molecule has 0 bridgehead atoms. The molecule has 1 aromatic carbocycles. The Morgan fingerprint density at radius 1 is 0.917 bits per heavy atom. The zero-order chi connectivity index (χ0) is 17.8. The number of hydrogen-bond donors (Lipinski definition) is 0. The van der Waals surface area contributed by atoms with E-state index in [9.17, 15) is 4.79 Å². The molecule has 0 aromatic heterocycles. The van der Waals surface area contributed by atoms with Gasteiger partial charge in [0, 0.05) is 11.6 Å². The number of carbonyl (C=O) groups is 1. The molecule has 0 N–H and O–H groups in total. The molecule has 0 fully saturated rings. The van der Waals surface area contributed by atoms with Gasteiger partial charge in [-0.05, 0) is 37.5 Å². The van der Waals surface area contributed by atoms with Gasteiger partial charge in [0.1, 0.15) is 0 Å². The maximum atomic E-state index is 11.4. The summed E-state index contributed by atoms with van der Waals surface area (Å²) >= 11 is 0. The van der Waals surface area contributed by atoms with E-state index in [2.05, 4.69) is 11.7 Å². The lowest BCUT2D eigenvalue weighted by Crippen LogP contribution is -2.06. The molecule has 24 heavy (non-hydrogen) atoms. The molecule has 0 saturated heterocycles. The molecule has 5 heteroatoms. The van der Waals surface area contributed by atoms with Crippen molar-refractivity contribution in [1.82, 2.24) is 0 Å². The molecule has 0 saturated carbocycles. The fraction of sp³-hybridized carbons (Fsp3) is 0.526. The van der Waals surface area contributed by atoms with Crippen molar-refractivity contribution < 1.29 is 23.7 Å². The van der Waals surface area contributed by atoms with Crippen LogP contribution in [0.15, 0.2) is 18.2 Å². The molecule has 1 rings (SSSR count). The van der Waals surface area contributed by atoms with E-state index in [0.29, 0.717) is 37.1 Å². The van der Waals surface area contributed by atoms with Gasteiger partial charge in [-0.25, -0.2) is 4.79 Å². The Morgan fingerprint density at radius 2 is 1.50 bits per heavy atom. The van der Waals surface area contributed by atoms with Gasteiger partial charge in [0.25, 0.3) is 0 Å². The molecule has 5 nitrogen and oxygen atoms in total. The summed E-state index contributed by atoms with van der Waals surface area (Å²) in [5.41, 5.74) is 0.754. The van der Waals surface area contributed by atoms with E-state index in [1.165, 1.54) is 13.2 Å². The van der Waals surface area contributed by atoms with E-state index in [0.717, 1.165) is 24.8 Å². The largest absolute Gasteiger partial charge is 0.490 e. The molecule has 0 aliphatic carbocycles. The molecule has 0 heterocycles. The SMILES string of the molecule is CCCOc1ccc(C=CC(=O)OC)c(OCCC)c1OCCC. The first-order valence-electron chi connectivity index (χ1n) is 8.49. The number of ether oxygens (including phenoxy) is 4. The van der Waals surface area contributed by atoms with Crippen LogP contribution >= 0.6 is 0 Å². The Bertz CT molecular complexity index is 537. The van der Waals surface area contributed by atoms with Gasteiger partial charge >= 0.3 is 5.97 Å². The lowest BCUT2D eigenvalue weighted by atomic mass is 10.1. The number of benzene rings is 1. The maximum absolute atomic E-state index is 11.4. The zero-order valence-electron chi connectivity index (χ0n) is 15.1. The number of rotatable bonds is 11. The summed E-state index contributed by atoms with van der Waals surface area (Å²) in [5.74, 6) is 1.43. The predicted molar refractivity (Wildman–Crippen MR) is 94.9 cm³/mol. The topological polar surface area (TPSA) is 54.0 Å². The summed E-state index contributed by atoms with van der Waals surface area (Å²) in [7, 11) is 1.35. The minimum absolute atomic E-state index is 0.418. The monoisotopic (exact) mass is 336 g/mol. The highest BCUT2D eigenvalue weighted by atomic mass is 16.5. The molecule has 0 aliphatic rings. The fourth-order valence-electron chi connectivity index (χ4n) is 1.94. The van der Waals surface area contributed by atoms with Crippen LogP contribution in [0.4, 0.5) is 0 Å². The van der Waals surface area contributed by atoms with E-state index in [1.807, 2.05) is 26.0 Å². The van der Waals surface area contributed by atoms with Gasteiger partial charge in [-0.2, -0.15) is 0 Å². The van der Waals surface area contributed by atoms with E-state index < -0.39 is 5.97 Å². The predicted octanol–water partition coefficient (Wildman–Crippen LogP) is 4.24. The van der Waals surface area contributed by atoms with Crippen molar-refractivity contribution in [1.29, 1.82) is 0 Å². The Hall–Kier alpha value is -2.17. The standard InChI is InChI=1S/C19H28O5/c1-5-12-22-16-10-8-15(9-11-17(20)21-4)18(23-13-6-2)19(16)24-14-7-3/h8-11H,5-7,12-14H2,1-4H3. The van der Waals surface area contributed by atoms with Crippen LogP contribution in [0.1, 0.15) is 45.6 Å². The molecule has 0 radical (unpaired) electrons. The second-order valence-electron chi connectivity index (χ2n) is 5.21. The lowest BCUT2D eigenvalue weighted by molar-refractivity contribution is -0.134. The molecule has 0 aliphatic heterocycles. The van der Waals surface area contributed by atoms with Crippen molar-refractivity contribution in [3.8, 4) is 17.2 Å². The van der Waals surface area contributed by atoms with Gasteiger partial charge in [0.05, 0.1) is 26.9 Å². The molecule has 0 amide bonds. The summed E-state index contributed by atoms with van der Waals surface area (Å²) in [6.45, 7) is 7.85. The highest BCUT2D eigenvalue weighted by Gasteiger charge is 2.17. The number of carbonyl (C=O) groups excluding carboxylic acids is 1. The average Bonchev–Trinajstić information content (AvgIpc) is 2.61. The summed E-state index contributed by atoms with van der Waals surface area (Å²) in [6, 6.07) is 3.70. The quantitative estimate of drug-likeness (QED) is 0.447. The summed E-state index contributed by atoms with van der Waals surface area (Å²) in [5, 5.41) is 0. The van der Waals surface area contributed by atoms with Crippen molar-refractivity contribution >= 4 is 12.0 Å². The summed E-state index contributed by atoms with van der Waals surface area (Å²) < 4.78 is 22.2. The minimum atomic E-state index is -0.418. The molecule has 0 atom stereocenters. The smallest absolute Gasteiger partial charge is 0.330 e. The second-order valence-corrected chi connectivity index (χ2v) is 5.21. The van der Waals surface area contributed by atoms with Gasteiger partial charge < -0.3 is 18.9 Å². The van der Waals surface area contributed by atoms with Crippen LogP contribution in [0.3, 0.4) is 0 Å². The van der Waals surface area contributed by atoms with Crippen molar-refractivity contribution in [3.05, 3.63) is 23.8 Å². The van der Waals surface area contributed by atoms with Crippen LogP contribution in [0.2, 0.25) is 0 Å². The number of hydrogen-bond acceptors (Lipinski definition) is 5. The Balaban J connectivity index is 3.25. The number of methoxy groups -OCH3 is 1. The first kappa shape index (κ1) is 19.9. The van der Waals surface area contributed by atoms with E-state index in [1.54, 1.807) is 6.08 Å². The van der Waals surface area contributed by atoms with Crippen molar-refractivity contribution in [2.75, 3.05) is 26.9 Å². The Kier molecular flexibility index (Phi) is 9.42. The summed E-state index contributed by atoms with van der Waals surface area (Å²) in [4.78, 5) is 11.4. The summed E-state index contributed by atoms with van der Waals surface area (Å²) in [6.07, 6.45) is 5.68. The van der Waals surface area contributed by atoms with Gasteiger partial charge in [-0.3, -0.25) is 0 Å². The van der Waals surface area contributed by atoms with Gasteiger partial charge in [-0.15, -0.1) is 0 Å². The Morgan fingerprint density at radius 3 is 2.08 bits per heavy atom. The molecular weight excluding hydrogens is 308 g/mol. The zero-order valence-corrected chi connectivity index (χ0v) is 15.1. The van der Waals surface area contributed by atoms with Crippen molar-refractivity contribution in [2.45, 2.75) is 40.0 Å². The second kappa shape index (κ2) is 11.4. The lowest BCUT2D eigenvalue weighted by Gasteiger charge is -2.18. The van der Waals surface area contributed by atoms with Crippen LogP contribution in [0.5, 0.6) is 17.2 Å². The van der Waals surface area contributed by atoms with Gasteiger partial charge in [0.2, 0.25) is 5.75 Å². The van der Waals surface area contributed by atoms with Gasteiger partial charge in [-0.1, -0.05) is 20.8 Å². The molecule has 0 unspecified atom stereocenters. The third-order valence-corrected chi connectivity index (χ3v) is 3.07. The molecule has 1 aromatic rings. The first-order chi connectivity index (χ1) is 11.7. The van der Waals surface area contributed by atoms with Crippen molar-refractivity contribution in [2.24, 2.45) is 0 Å². The van der Waals surface area contributed by atoms with Crippen LogP contribution in [0, 0.1) is 0 Å². The number of esters is 1. The molecular formula is C19H28O5. The average molecular weight is 336 g/mol. The normalized spacial score (nSPS) is 10.7. The van der Waals surface area contributed by atoms with Gasteiger partial charge in [0.15, 0.2) is 11.5 Å². The van der Waals surface area contributed by atoms with E-state index in [-0.39, 0.29) is 0 Å². The van der Waals surface area contributed by atoms with E-state index in [4.69, 9.17) is 14.2 Å². The fourth-order valence-corrected chi connectivity index (χ4v) is 1.94. The van der Waals surface area contributed by atoms with Crippen LogP contribution in [-0.2, 0) is 9.53 Å². The molecule has 134 valence electrons. The minimum Gasteiger partial charge on any atom is -0.490 e. The Labute approximate surface area is 144 Å². The van der Waals surface area contributed by atoms with Crippen LogP contribution in [-0.4, -0.2) is 32.9 Å². The van der Waals surface area contributed by atoms with E-state index >= 15 is 0 Å². The molecule has 0 spiro atoms. The van der Waals surface area contributed by atoms with Crippen molar-refractivity contribution in [3.63, 3.8) is 0 Å². The highest BCUT2D eigenvalue weighted by molar-refractivity contribution is 5.88. The highest BCUT2D eigenvalue weighted by Crippen LogP contribution is 2.41.